The number of aromatic hydroxyl groups is 1. The molecule has 0 bridgehead atoms. The van der Waals surface area contributed by atoms with Crippen molar-refractivity contribution in [1.29, 1.82) is 0 Å². The van der Waals surface area contributed by atoms with E-state index < -0.39 is 0 Å². The van der Waals surface area contributed by atoms with Crippen LogP contribution < -0.4 is 9.80 Å². The fourth-order valence-corrected chi connectivity index (χ4v) is 4.77. The van der Waals surface area contributed by atoms with E-state index in [2.05, 4.69) is 4.98 Å². The number of phenolic OH excluding ortho intramolecular Hbond substituents is 1. The van der Waals surface area contributed by atoms with Gasteiger partial charge in [0.05, 0.1) is 5.69 Å². The van der Waals surface area contributed by atoms with Crippen LogP contribution in [0.25, 0.3) is 21.7 Å². The molecule has 0 radical (unpaired) electrons. The van der Waals surface area contributed by atoms with Crippen LogP contribution in [0, 0.1) is 0 Å². The summed E-state index contributed by atoms with van der Waals surface area (Å²) in [6, 6.07) is 16.7. The smallest absolute Gasteiger partial charge is 0.274 e. The Morgan fingerprint density at radius 2 is 1.91 bits per heavy atom. The van der Waals surface area contributed by atoms with Crippen LogP contribution >= 0.6 is 11.6 Å². The van der Waals surface area contributed by atoms with Gasteiger partial charge in [-0.05, 0) is 35.2 Å². The Morgan fingerprint density at radius 1 is 1.16 bits per heavy atom. The van der Waals surface area contributed by atoms with Crippen molar-refractivity contribution in [2.24, 2.45) is 0 Å². The first-order valence-corrected chi connectivity index (χ1v) is 10.9. The number of fused-ring (bicyclic) bond motifs is 4. The number of aromatic amines is 1. The van der Waals surface area contributed by atoms with Crippen molar-refractivity contribution >= 4 is 56.5 Å². The maximum Gasteiger partial charge on any atom is 0.274 e. The van der Waals surface area contributed by atoms with Crippen LogP contribution in [0.5, 0.6) is 5.75 Å². The number of benzene rings is 3. The lowest BCUT2D eigenvalue weighted by Gasteiger charge is -2.17. The molecule has 1 aliphatic heterocycles. The molecule has 2 amide bonds. The molecule has 4 aromatic rings. The van der Waals surface area contributed by atoms with Crippen molar-refractivity contribution in [2.75, 3.05) is 29.3 Å². The van der Waals surface area contributed by atoms with E-state index >= 15 is 0 Å². The fraction of sp³-hybridized carbons (Fsp3) is 0.200. The number of halogens is 1. The minimum absolute atomic E-state index is 0.0266. The average Bonchev–Trinajstić information content (AvgIpc) is 3.39. The maximum absolute atomic E-state index is 13.5. The van der Waals surface area contributed by atoms with Gasteiger partial charge in [0, 0.05) is 60.4 Å². The van der Waals surface area contributed by atoms with Gasteiger partial charge < -0.3 is 19.9 Å². The predicted octanol–water partition coefficient (Wildman–Crippen LogP) is 4.99. The van der Waals surface area contributed by atoms with Crippen LogP contribution in [0.3, 0.4) is 0 Å². The van der Waals surface area contributed by atoms with Crippen LogP contribution in [-0.2, 0) is 4.79 Å². The molecule has 0 saturated heterocycles. The number of hydrogen-bond donors (Lipinski definition) is 2. The molecule has 0 spiro atoms. The lowest BCUT2D eigenvalue weighted by atomic mass is 9.95. The summed E-state index contributed by atoms with van der Waals surface area (Å²) in [6.07, 6.45) is 0. The first kappa shape index (κ1) is 20.4. The summed E-state index contributed by atoms with van der Waals surface area (Å²) in [4.78, 5) is 31.6. The van der Waals surface area contributed by atoms with Crippen molar-refractivity contribution in [2.45, 2.75) is 12.8 Å². The summed E-state index contributed by atoms with van der Waals surface area (Å²) in [5, 5.41) is 13.1. The van der Waals surface area contributed by atoms with E-state index in [1.165, 1.54) is 6.92 Å². The number of H-pyrrole nitrogens is 1. The Hall–Kier alpha value is -3.51. The van der Waals surface area contributed by atoms with Gasteiger partial charge in [-0.25, -0.2) is 0 Å². The van der Waals surface area contributed by atoms with E-state index in [4.69, 9.17) is 11.6 Å². The Kier molecular flexibility index (Phi) is 4.82. The SMILES string of the molecule is CC(=O)N(C)c1ccc2[nH]c(C(=O)N3C[C@@H](CCl)c4c3cc(O)c3ccccc43)cc2c1. The van der Waals surface area contributed by atoms with Gasteiger partial charge in [-0.3, -0.25) is 9.59 Å². The largest absolute Gasteiger partial charge is 0.507 e. The molecule has 162 valence electrons. The van der Waals surface area contributed by atoms with Crippen molar-refractivity contribution in [1.82, 2.24) is 4.98 Å². The van der Waals surface area contributed by atoms with Gasteiger partial charge in [0.1, 0.15) is 11.4 Å². The number of carbonyl (C=O) groups excluding carboxylic acids is 2. The standard InChI is InChI=1S/C25H22ClN3O3/c1-14(30)28(2)17-7-8-20-15(9-17)10-21(27-20)25(32)29-13-16(12-26)24-19-6-4-3-5-18(19)23(31)11-22(24)29/h3-11,16,27,31H,12-13H2,1-2H3/t16-/m1/s1. The highest BCUT2D eigenvalue weighted by Gasteiger charge is 2.35. The van der Waals surface area contributed by atoms with Gasteiger partial charge in [-0.15, -0.1) is 11.6 Å². The van der Waals surface area contributed by atoms with Gasteiger partial charge in [-0.2, -0.15) is 0 Å². The third kappa shape index (κ3) is 3.10. The van der Waals surface area contributed by atoms with Crippen LogP contribution in [0.2, 0.25) is 0 Å². The molecule has 1 aliphatic rings. The molecule has 0 aliphatic carbocycles. The first-order chi connectivity index (χ1) is 15.4. The van der Waals surface area contributed by atoms with Gasteiger partial charge in [-0.1, -0.05) is 24.3 Å². The lowest BCUT2D eigenvalue weighted by molar-refractivity contribution is -0.116. The zero-order valence-electron chi connectivity index (χ0n) is 17.7. The molecule has 2 N–H and O–H groups in total. The zero-order valence-corrected chi connectivity index (χ0v) is 18.5. The van der Waals surface area contributed by atoms with E-state index in [1.54, 1.807) is 29.0 Å². The van der Waals surface area contributed by atoms with Crippen LogP contribution in [-0.4, -0.2) is 41.4 Å². The number of rotatable bonds is 3. The van der Waals surface area contributed by atoms with Crippen LogP contribution in [0.1, 0.15) is 28.9 Å². The Bertz CT molecular complexity index is 1390. The maximum atomic E-state index is 13.5. The molecular weight excluding hydrogens is 426 g/mol. The number of phenols is 1. The fourth-order valence-electron chi connectivity index (χ4n) is 4.52. The number of nitrogens with one attached hydrogen (secondary N) is 1. The molecule has 6 nitrogen and oxygen atoms in total. The summed E-state index contributed by atoms with van der Waals surface area (Å²) < 4.78 is 0. The van der Waals surface area contributed by atoms with Crippen molar-refractivity contribution in [3.63, 3.8) is 0 Å². The van der Waals surface area contributed by atoms with Crippen molar-refractivity contribution in [3.8, 4) is 5.75 Å². The highest BCUT2D eigenvalue weighted by atomic mass is 35.5. The molecular formula is C25H22ClN3O3. The monoisotopic (exact) mass is 447 g/mol. The van der Waals surface area contributed by atoms with Crippen molar-refractivity contribution < 1.29 is 14.7 Å². The van der Waals surface area contributed by atoms with E-state index in [0.717, 1.165) is 32.9 Å². The summed E-state index contributed by atoms with van der Waals surface area (Å²) in [6.45, 7) is 1.95. The molecule has 1 aromatic heterocycles. The van der Waals surface area contributed by atoms with Gasteiger partial charge >= 0.3 is 0 Å². The second-order valence-electron chi connectivity index (χ2n) is 8.17. The van der Waals surface area contributed by atoms with E-state index in [-0.39, 0.29) is 23.5 Å². The van der Waals surface area contributed by atoms with Gasteiger partial charge in [0.25, 0.3) is 5.91 Å². The number of alkyl halides is 1. The number of carbonyl (C=O) groups is 2. The first-order valence-electron chi connectivity index (χ1n) is 10.4. The molecule has 3 aromatic carbocycles. The summed E-state index contributed by atoms with van der Waals surface area (Å²) >= 11 is 6.29. The van der Waals surface area contributed by atoms with Crippen LogP contribution in [0.15, 0.2) is 54.6 Å². The number of hydrogen-bond acceptors (Lipinski definition) is 3. The molecule has 1 atom stereocenters. The Morgan fingerprint density at radius 3 is 2.62 bits per heavy atom. The molecule has 2 heterocycles. The van der Waals surface area contributed by atoms with Crippen LogP contribution in [0.4, 0.5) is 11.4 Å². The Labute approximate surface area is 190 Å². The Balaban J connectivity index is 1.57. The second-order valence-corrected chi connectivity index (χ2v) is 8.48. The summed E-state index contributed by atoms with van der Waals surface area (Å²) in [7, 11) is 1.71. The minimum atomic E-state index is -0.189. The highest BCUT2D eigenvalue weighted by molar-refractivity contribution is 6.19. The summed E-state index contributed by atoms with van der Waals surface area (Å²) in [5.74, 6) is 0.233. The van der Waals surface area contributed by atoms with Crippen molar-refractivity contribution in [3.05, 3.63) is 65.9 Å². The molecule has 5 rings (SSSR count). The predicted molar refractivity (Wildman–Crippen MR) is 128 cm³/mol. The normalized spacial score (nSPS) is 15.3. The van der Waals surface area contributed by atoms with Gasteiger partial charge in [0.15, 0.2) is 0 Å². The topological polar surface area (TPSA) is 76.6 Å². The average molecular weight is 448 g/mol. The quantitative estimate of drug-likeness (QED) is 0.434. The third-order valence-corrected chi connectivity index (χ3v) is 6.64. The molecule has 7 heteroatoms. The summed E-state index contributed by atoms with van der Waals surface area (Å²) in [5.41, 5.74) is 3.68. The molecule has 32 heavy (non-hydrogen) atoms. The molecule has 0 saturated carbocycles. The molecule has 0 unspecified atom stereocenters. The second kappa shape index (κ2) is 7.57. The number of amides is 2. The zero-order chi connectivity index (χ0) is 22.6. The third-order valence-electron chi connectivity index (χ3n) is 6.27. The number of anilines is 2. The van der Waals surface area contributed by atoms with Gasteiger partial charge in [0.2, 0.25) is 5.91 Å². The molecule has 0 fully saturated rings. The highest BCUT2D eigenvalue weighted by Crippen LogP contribution is 2.45. The van der Waals surface area contributed by atoms with E-state index in [0.29, 0.717) is 23.8 Å². The number of nitrogens with zero attached hydrogens (tertiary/aromatic N) is 2. The van der Waals surface area contributed by atoms with E-state index in [1.807, 2.05) is 42.5 Å². The number of aromatic nitrogens is 1. The minimum Gasteiger partial charge on any atom is -0.507 e. The van der Waals surface area contributed by atoms with E-state index in [9.17, 15) is 14.7 Å². The lowest BCUT2D eigenvalue weighted by Crippen LogP contribution is -2.30.